The molecular weight excluding hydrogens is 456 g/mol. The predicted octanol–water partition coefficient (Wildman–Crippen LogP) is 3.57. The number of anilines is 2. The first-order valence-electron chi connectivity index (χ1n) is 11.6. The average molecular weight is 487 g/mol. The lowest BCUT2D eigenvalue weighted by Crippen LogP contribution is -2.49. The van der Waals surface area contributed by atoms with Crippen LogP contribution in [0.1, 0.15) is 25.3 Å². The van der Waals surface area contributed by atoms with Gasteiger partial charge in [-0.2, -0.15) is 4.68 Å². The Morgan fingerprint density at radius 2 is 1.85 bits per heavy atom. The molecule has 0 saturated carbocycles. The average Bonchev–Trinajstić information content (AvgIpc) is 3.28. The van der Waals surface area contributed by atoms with Crippen molar-refractivity contribution in [2.45, 2.75) is 26.3 Å². The van der Waals surface area contributed by atoms with Gasteiger partial charge < -0.3 is 20.2 Å². The summed E-state index contributed by atoms with van der Waals surface area (Å²) in [5.74, 6) is -0.383. The van der Waals surface area contributed by atoms with Crippen molar-refractivity contribution in [2.75, 3.05) is 49.5 Å². The third kappa shape index (κ3) is 5.71. The Balaban J connectivity index is 1.35. The van der Waals surface area contributed by atoms with Crippen molar-refractivity contribution in [2.24, 2.45) is 5.92 Å². The number of benzene rings is 1. The number of aliphatic carboxylic acids is 1. The number of piperazine rings is 1. The van der Waals surface area contributed by atoms with Gasteiger partial charge in [-0.15, -0.1) is 5.10 Å². The number of piperidine rings is 1. The molecule has 2 N–H and O–H groups in total. The molecule has 2 saturated heterocycles. The Bertz CT molecular complexity index is 1050. The number of hydrogen-bond donors (Lipinski definition) is 2. The molecule has 2 aromatic rings. The number of carbonyl (C=O) groups excluding carboxylic acids is 1. The summed E-state index contributed by atoms with van der Waals surface area (Å²) in [6.07, 6.45) is 2.94. The smallest absolute Gasteiger partial charge is 0.344 e. The summed E-state index contributed by atoms with van der Waals surface area (Å²) >= 11 is 6.30. The van der Waals surface area contributed by atoms with Gasteiger partial charge in [-0.05, 0) is 37.5 Å². The number of nitrogens with zero attached hydrogens (tertiary/aromatic N) is 5. The first-order valence-corrected chi connectivity index (χ1v) is 11.9. The molecule has 0 spiro atoms. The van der Waals surface area contributed by atoms with Crippen LogP contribution >= 0.6 is 11.6 Å². The number of halogens is 1. The second kappa shape index (κ2) is 10.5. The number of aromatic nitrogens is 2. The molecule has 182 valence electrons. The van der Waals surface area contributed by atoms with Crippen molar-refractivity contribution in [3.63, 3.8) is 0 Å². The zero-order valence-electron chi connectivity index (χ0n) is 19.4. The SMILES string of the molecule is C=C(C)Nc1ccn(C(=O)N2CCN(Cc3ccc(Cl)cc3N3CCC(C(=O)O)CC3)CC2)n1. The number of carboxylic acid groups (broad SMARTS) is 1. The lowest BCUT2D eigenvalue weighted by atomic mass is 9.96. The molecule has 0 unspecified atom stereocenters. The Morgan fingerprint density at radius 3 is 2.50 bits per heavy atom. The van der Waals surface area contributed by atoms with E-state index in [0.29, 0.717) is 49.9 Å². The molecular formula is C24H31ClN6O3. The summed E-state index contributed by atoms with van der Waals surface area (Å²) in [6, 6.07) is 7.55. The molecule has 0 radical (unpaired) electrons. The van der Waals surface area contributed by atoms with E-state index in [4.69, 9.17) is 11.6 Å². The van der Waals surface area contributed by atoms with Crippen LogP contribution in [0.3, 0.4) is 0 Å². The standard InChI is InChI=1S/C24H31ClN6O3/c1-17(2)26-22-7-10-31(27-22)24(34)30-13-11-28(12-14-30)16-19-3-4-20(25)15-21(19)29-8-5-18(6-9-29)23(32)33/h3-4,7,10,15,18H,1,5-6,8-9,11-14,16H2,2H3,(H,26,27)(H,32,33). The van der Waals surface area contributed by atoms with Crippen LogP contribution in [0.2, 0.25) is 5.02 Å². The van der Waals surface area contributed by atoms with E-state index in [1.165, 1.54) is 10.2 Å². The summed E-state index contributed by atoms with van der Waals surface area (Å²) in [5.41, 5.74) is 3.00. The van der Waals surface area contributed by atoms with Crippen LogP contribution in [0.5, 0.6) is 0 Å². The zero-order chi connectivity index (χ0) is 24.2. The van der Waals surface area contributed by atoms with Gasteiger partial charge in [0.1, 0.15) is 0 Å². The monoisotopic (exact) mass is 486 g/mol. The van der Waals surface area contributed by atoms with Crippen LogP contribution in [-0.2, 0) is 11.3 Å². The maximum absolute atomic E-state index is 12.8. The van der Waals surface area contributed by atoms with E-state index in [-0.39, 0.29) is 11.9 Å². The van der Waals surface area contributed by atoms with Crippen LogP contribution in [0.15, 0.2) is 42.7 Å². The molecule has 0 bridgehead atoms. The summed E-state index contributed by atoms with van der Waals surface area (Å²) in [7, 11) is 0. The second-order valence-corrected chi connectivity index (χ2v) is 9.41. The van der Waals surface area contributed by atoms with Crippen LogP contribution in [-0.4, -0.2) is 76.0 Å². The number of amides is 1. The van der Waals surface area contributed by atoms with Crippen molar-refractivity contribution in [1.82, 2.24) is 19.6 Å². The zero-order valence-corrected chi connectivity index (χ0v) is 20.2. The van der Waals surface area contributed by atoms with E-state index in [9.17, 15) is 14.7 Å². The summed E-state index contributed by atoms with van der Waals surface area (Å²) in [4.78, 5) is 30.5. The molecule has 1 aromatic carbocycles. The van der Waals surface area contributed by atoms with Gasteiger partial charge in [0, 0.05) is 74.5 Å². The number of allylic oxidation sites excluding steroid dienone is 1. The topological polar surface area (TPSA) is 93.9 Å². The fourth-order valence-electron chi connectivity index (χ4n) is 4.53. The normalized spacial score (nSPS) is 17.6. The van der Waals surface area contributed by atoms with Crippen molar-refractivity contribution in [3.05, 3.63) is 53.3 Å². The van der Waals surface area contributed by atoms with Gasteiger partial charge in [0.15, 0.2) is 5.82 Å². The van der Waals surface area contributed by atoms with Crippen LogP contribution in [0.25, 0.3) is 0 Å². The van der Waals surface area contributed by atoms with Crippen molar-refractivity contribution in [1.29, 1.82) is 0 Å². The van der Waals surface area contributed by atoms with E-state index in [0.717, 1.165) is 31.0 Å². The summed E-state index contributed by atoms with van der Waals surface area (Å²) < 4.78 is 1.36. The molecule has 2 aliphatic rings. The molecule has 9 nitrogen and oxygen atoms in total. The fourth-order valence-corrected chi connectivity index (χ4v) is 4.70. The largest absolute Gasteiger partial charge is 0.481 e. The van der Waals surface area contributed by atoms with Crippen molar-refractivity contribution < 1.29 is 14.7 Å². The predicted molar refractivity (Wildman–Crippen MR) is 132 cm³/mol. The highest BCUT2D eigenvalue weighted by atomic mass is 35.5. The summed E-state index contributed by atoms with van der Waals surface area (Å²) in [5, 5.41) is 17.3. The first-order chi connectivity index (χ1) is 16.3. The van der Waals surface area contributed by atoms with Gasteiger partial charge in [-0.25, -0.2) is 4.79 Å². The van der Waals surface area contributed by atoms with Crippen LogP contribution in [0.4, 0.5) is 16.3 Å². The quantitative estimate of drug-likeness (QED) is 0.644. The van der Waals surface area contributed by atoms with E-state index >= 15 is 0 Å². The minimum Gasteiger partial charge on any atom is -0.481 e. The highest BCUT2D eigenvalue weighted by molar-refractivity contribution is 6.30. The van der Waals surface area contributed by atoms with Crippen LogP contribution < -0.4 is 10.2 Å². The second-order valence-electron chi connectivity index (χ2n) is 8.97. The van der Waals surface area contributed by atoms with Crippen molar-refractivity contribution >= 4 is 35.1 Å². The number of hydrogen-bond acceptors (Lipinski definition) is 6. The van der Waals surface area contributed by atoms with Crippen molar-refractivity contribution in [3.8, 4) is 0 Å². The number of carbonyl (C=O) groups is 2. The van der Waals surface area contributed by atoms with Gasteiger partial charge in [-0.1, -0.05) is 24.2 Å². The maximum atomic E-state index is 12.8. The Morgan fingerprint density at radius 1 is 1.15 bits per heavy atom. The highest BCUT2D eigenvalue weighted by Gasteiger charge is 2.27. The van der Waals surface area contributed by atoms with E-state index in [1.807, 2.05) is 24.0 Å². The minimum atomic E-state index is -0.711. The van der Waals surface area contributed by atoms with E-state index < -0.39 is 5.97 Å². The maximum Gasteiger partial charge on any atom is 0.344 e. The molecule has 34 heavy (non-hydrogen) atoms. The van der Waals surface area contributed by atoms with Gasteiger partial charge in [0.2, 0.25) is 0 Å². The van der Waals surface area contributed by atoms with E-state index in [2.05, 4.69) is 32.9 Å². The molecule has 1 aromatic heterocycles. The Labute approximate surface area is 204 Å². The third-order valence-electron chi connectivity index (χ3n) is 6.40. The number of rotatable bonds is 6. The van der Waals surface area contributed by atoms with Gasteiger partial charge in [0.05, 0.1) is 5.92 Å². The highest BCUT2D eigenvalue weighted by Crippen LogP contribution is 2.30. The Hall–Kier alpha value is -3.04. The molecule has 10 heteroatoms. The molecule has 0 aliphatic carbocycles. The molecule has 0 atom stereocenters. The lowest BCUT2D eigenvalue weighted by molar-refractivity contribution is -0.142. The molecule has 2 fully saturated rings. The van der Waals surface area contributed by atoms with Gasteiger partial charge in [-0.3, -0.25) is 9.69 Å². The fraction of sp³-hybridized carbons (Fsp3) is 0.458. The van der Waals surface area contributed by atoms with Gasteiger partial charge >= 0.3 is 12.0 Å². The molecule has 3 heterocycles. The molecule has 1 amide bonds. The first kappa shape index (κ1) is 24.1. The number of nitrogens with one attached hydrogen (secondary N) is 1. The van der Waals surface area contributed by atoms with E-state index in [1.54, 1.807) is 12.3 Å². The molecule has 2 aliphatic heterocycles. The third-order valence-corrected chi connectivity index (χ3v) is 6.63. The minimum absolute atomic E-state index is 0.136. The summed E-state index contributed by atoms with van der Waals surface area (Å²) in [6.45, 7) is 10.6. The number of carboxylic acids is 1. The van der Waals surface area contributed by atoms with Gasteiger partial charge in [0.25, 0.3) is 0 Å². The lowest BCUT2D eigenvalue weighted by Gasteiger charge is -2.37. The van der Waals surface area contributed by atoms with Crippen LogP contribution in [0, 0.1) is 5.92 Å². The molecule has 4 rings (SSSR count). The Kier molecular flexibility index (Phi) is 7.43.